The minimum absolute atomic E-state index is 0.575. The predicted octanol–water partition coefficient (Wildman–Crippen LogP) is 3.95. The molecule has 0 amide bonds. The van der Waals surface area contributed by atoms with Crippen molar-refractivity contribution in [2.24, 2.45) is 5.92 Å². The van der Waals surface area contributed by atoms with Crippen molar-refractivity contribution in [1.82, 2.24) is 5.32 Å². The Morgan fingerprint density at radius 3 is 2.65 bits per heavy atom. The van der Waals surface area contributed by atoms with Crippen LogP contribution in [0.15, 0.2) is 24.3 Å². The van der Waals surface area contributed by atoms with E-state index in [-0.39, 0.29) is 0 Å². The van der Waals surface area contributed by atoms with Gasteiger partial charge >= 0.3 is 0 Å². The Kier molecular flexibility index (Phi) is 4.30. The SMILES string of the molecule is CCC1CCC(N2CC(C)NCc3ccccc32)CC1. The van der Waals surface area contributed by atoms with Gasteiger partial charge in [-0.05, 0) is 50.2 Å². The molecule has 0 bridgehead atoms. The van der Waals surface area contributed by atoms with Crippen molar-refractivity contribution < 1.29 is 0 Å². The fourth-order valence-corrected chi connectivity index (χ4v) is 3.89. The van der Waals surface area contributed by atoms with Crippen LogP contribution >= 0.6 is 0 Å². The zero-order valence-electron chi connectivity index (χ0n) is 12.9. The molecule has 1 atom stereocenters. The normalized spacial score (nSPS) is 30.7. The van der Waals surface area contributed by atoms with Crippen molar-refractivity contribution in [3.8, 4) is 0 Å². The van der Waals surface area contributed by atoms with E-state index in [0.29, 0.717) is 6.04 Å². The molecule has 2 nitrogen and oxygen atoms in total. The molecule has 1 fully saturated rings. The van der Waals surface area contributed by atoms with Crippen LogP contribution in [0.3, 0.4) is 0 Å². The third-order valence-electron chi connectivity index (χ3n) is 5.25. The van der Waals surface area contributed by atoms with Gasteiger partial charge in [-0.25, -0.2) is 0 Å². The van der Waals surface area contributed by atoms with E-state index in [1.807, 2.05) is 0 Å². The summed E-state index contributed by atoms with van der Waals surface area (Å²) in [6, 6.07) is 10.3. The highest BCUT2D eigenvalue weighted by Crippen LogP contribution is 2.34. The molecular weight excluding hydrogens is 244 g/mol. The average molecular weight is 272 g/mol. The Hall–Kier alpha value is -1.02. The molecule has 110 valence electrons. The van der Waals surface area contributed by atoms with Crippen LogP contribution in [-0.2, 0) is 6.54 Å². The van der Waals surface area contributed by atoms with Crippen molar-refractivity contribution in [2.75, 3.05) is 11.4 Å². The zero-order chi connectivity index (χ0) is 13.9. The molecule has 1 aromatic rings. The van der Waals surface area contributed by atoms with Crippen molar-refractivity contribution in [2.45, 2.75) is 64.6 Å². The first kappa shape index (κ1) is 13.9. The van der Waals surface area contributed by atoms with E-state index < -0.39 is 0 Å². The number of hydrogen-bond acceptors (Lipinski definition) is 2. The maximum Gasteiger partial charge on any atom is 0.0414 e. The second-order valence-electron chi connectivity index (χ2n) is 6.65. The van der Waals surface area contributed by atoms with Gasteiger partial charge in [0.15, 0.2) is 0 Å². The third-order valence-corrected chi connectivity index (χ3v) is 5.25. The maximum absolute atomic E-state index is 3.65. The topological polar surface area (TPSA) is 15.3 Å². The molecular formula is C18H28N2. The standard InChI is InChI=1S/C18H28N2/c1-3-15-8-10-17(11-9-15)20-13-14(2)19-12-16-6-4-5-7-18(16)20/h4-7,14-15,17,19H,3,8-13H2,1-2H3. The van der Waals surface area contributed by atoms with Crippen LogP contribution in [0, 0.1) is 5.92 Å². The quantitative estimate of drug-likeness (QED) is 0.877. The number of benzene rings is 1. The zero-order valence-corrected chi connectivity index (χ0v) is 12.9. The monoisotopic (exact) mass is 272 g/mol. The van der Waals surface area contributed by atoms with Gasteiger partial charge in [-0.2, -0.15) is 0 Å². The molecule has 0 aromatic heterocycles. The molecule has 3 rings (SSSR count). The maximum atomic E-state index is 3.65. The molecule has 1 unspecified atom stereocenters. The van der Waals surface area contributed by atoms with Crippen LogP contribution in [0.1, 0.15) is 51.5 Å². The fraction of sp³-hybridized carbons (Fsp3) is 0.667. The van der Waals surface area contributed by atoms with Gasteiger partial charge in [0.2, 0.25) is 0 Å². The number of anilines is 1. The minimum atomic E-state index is 0.575. The smallest absolute Gasteiger partial charge is 0.0414 e. The Bertz CT molecular complexity index is 435. The van der Waals surface area contributed by atoms with E-state index in [1.54, 1.807) is 0 Å². The molecule has 1 heterocycles. The number of para-hydroxylation sites is 1. The summed E-state index contributed by atoms with van der Waals surface area (Å²) in [5.74, 6) is 0.976. The lowest BCUT2D eigenvalue weighted by Crippen LogP contribution is -2.43. The lowest BCUT2D eigenvalue weighted by Gasteiger charge is -2.39. The van der Waals surface area contributed by atoms with E-state index in [1.165, 1.54) is 43.4 Å². The van der Waals surface area contributed by atoms with E-state index >= 15 is 0 Å². The average Bonchev–Trinajstić information content (AvgIpc) is 2.67. The minimum Gasteiger partial charge on any atom is -0.367 e. The second kappa shape index (κ2) is 6.17. The highest BCUT2D eigenvalue weighted by atomic mass is 15.2. The van der Waals surface area contributed by atoms with Gasteiger partial charge in [-0.1, -0.05) is 31.5 Å². The van der Waals surface area contributed by atoms with E-state index in [9.17, 15) is 0 Å². The fourth-order valence-electron chi connectivity index (χ4n) is 3.89. The van der Waals surface area contributed by atoms with Crippen LogP contribution < -0.4 is 10.2 Å². The summed E-state index contributed by atoms with van der Waals surface area (Å²) in [7, 11) is 0. The number of rotatable bonds is 2. The molecule has 2 heteroatoms. The van der Waals surface area contributed by atoms with Gasteiger partial charge in [0.05, 0.1) is 0 Å². The van der Waals surface area contributed by atoms with Crippen LogP contribution in [0.4, 0.5) is 5.69 Å². The number of nitrogens with zero attached hydrogens (tertiary/aromatic N) is 1. The lowest BCUT2D eigenvalue weighted by molar-refractivity contribution is 0.305. The van der Waals surface area contributed by atoms with Crippen LogP contribution in [0.25, 0.3) is 0 Å². The molecule has 1 N–H and O–H groups in total. The van der Waals surface area contributed by atoms with E-state index in [4.69, 9.17) is 0 Å². The summed E-state index contributed by atoms with van der Waals surface area (Å²) >= 11 is 0. The van der Waals surface area contributed by atoms with Crippen molar-refractivity contribution in [3.63, 3.8) is 0 Å². The third kappa shape index (κ3) is 2.85. The molecule has 0 radical (unpaired) electrons. The summed E-state index contributed by atoms with van der Waals surface area (Å²) in [4.78, 5) is 2.70. The van der Waals surface area contributed by atoms with E-state index in [2.05, 4.69) is 48.3 Å². The molecule has 0 spiro atoms. The van der Waals surface area contributed by atoms with E-state index in [0.717, 1.165) is 25.0 Å². The Morgan fingerprint density at radius 2 is 1.90 bits per heavy atom. The first-order valence-corrected chi connectivity index (χ1v) is 8.36. The molecule has 2 aliphatic rings. The van der Waals surface area contributed by atoms with Gasteiger partial charge in [0, 0.05) is 30.9 Å². The van der Waals surface area contributed by atoms with Gasteiger partial charge in [-0.3, -0.25) is 0 Å². The molecule has 1 aromatic carbocycles. The van der Waals surface area contributed by atoms with Crippen molar-refractivity contribution >= 4 is 5.69 Å². The lowest BCUT2D eigenvalue weighted by atomic mass is 9.83. The molecule has 0 saturated heterocycles. The molecule has 1 aliphatic carbocycles. The largest absolute Gasteiger partial charge is 0.367 e. The number of fused-ring (bicyclic) bond motifs is 1. The first-order chi connectivity index (χ1) is 9.78. The highest BCUT2D eigenvalue weighted by Gasteiger charge is 2.28. The Labute approximate surface area is 123 Å². The summed E-state index contributed by atoms with van der Waals surface area (Å²) in [5, 5.41) is 3.65. The summed E-state index contributed by atoms with van der Waals surface area (Å²) in [6.45, 7) is 6.82. The second-order valence-corrected chi connectivity index (χ2v) is 6.65. The number of hydrogen-bond donors (Lipinski definition) is 1. The van der Waals surface area contributed by atoms with Gasteiger partial charge in [-0.15, -0.1) is 0 Å². The molecule has 1 saturated carbocycles. The van der Waals surface area contributed by atoms with Gasteiger partial charge < -0.3 is 10.2 Å². The summed E-state index contributed by atoms with van der Waals surface area (Å²) in [5.41, 5.74) is 2.94. The first-order valence-electron chi connectivity index (χ1n) is 8.36. The molecule has 1 aliphatic heterocycles. The van der Waals surface area contributed by atoms with Crippen LogP contribution in [0.2, 0.25) is 0 Å². The van der Waals surface area contributed by atoms with Gasteiger partial charge in [0.25, 0.3) is 0 Å². The number of nitrogens with one attached hydrogen (secondary N) is 1. The summed E-state index contributed by atoms with van der Waals surface area (Å²) in [6.07, 6.45) is 6.95. The Morgan fingerprint density at radius 1 is 1.15 bits per heavy atom. The van der Waals surface area contributed by atoms with Crippen molar-refractivity contribution in [3.05, 3.63) is 29.8 Å². The highest BCUT2D eigenvalue weighted by molar-refractivity contribution is 5.55. The van der Waals surface area contributed by atoms with Gasteiger partial charge in [0.1, 0.15) is 0 Å². The molecule has 20 heavy (non-hydrogen) atoms. The van der Waals surface area contributed by atoms with Crippen molar-refractivity contribution in [1.29, 1.82) is 0 Å². The van der Waals surface area contributed by atoms with Crippen LogP contribution in [0.5, 0.6) is 0 Å². The predicted molar refractivity (Wildman–Crippen MR) is 86.1 cm³/mol. The summed E-state index contributed by atoms with van der Waals surface area (Å²) < 4.78 is 0. The van der Waals surface area contributed by atoms with Crippen LogP contribution in [-0.4, -0.2) is 18.6 Å². The Balaban J connectivity index is 1.80.